The minimum atomic E-state index is -0.366. The number of carbonyl (C=O) groups is 2. The average molecular weight is 861 g/mol. The first-order valence-corrected chi connectivity index (χ1v) is 21.4. The van der Waals surface area contributed by atoms with Gasteiger partial charge in [-0.3, -0.25) is 9.59 Å². The highest BCUT2D eigenvalue weighted by Crippen LogP contribution is 2.31. The molecule has 324 valence electrons. The molecule has 0 saturated heterocycles. The van der Waals surface area contributed by atoms with E-state index < -0.39 is 0 Å². The van der Waals surface area contributed by atoms with Crippen molar-refractivity contribution in [2.45, 2.75) is 46.1 Å². The molecule has 8 aromatic rings. The van der Waals surface area contributed by atoms with Crippen molar-refractivity contribution >= 4 is 11.6 Å². The van der Waals surface area contributed by atoms with Gasteiger partial charge in [0.25, 0.3) is 0 Å². The van der Waals surface area contributed by atoms with Gasteiger partial charge in [0.2, 0.25) is 0 Å². The highest BCUT2D eigenvalue weighted by Gasteiger charge is 2.17. The first-order chi connectivity index (χ1) is 32.0. The van der Waals surface area contributed by atoms with E-state index in [4.69, 9.17) is 28.4 Å². The number of benzene rings is 8. The van der Waals surface area contributed by atoms with Gasteiger partial charge in [-0.2, -0.15) is 0 Å². The SMILES string of the molecule is O=C(CC(=O)c1cc(OCc2cc(OCc3ccccc3)cc(OCc3ccccc3)c2)cc(OCc2cc(OCc3ccccc3)cc(OCc3ccccc3)c2)c1)c1ccccc1. The molecule has 65 heavy (non-hydrogen) atoms. The minimum absolute atomic E-state index is 0.118. The van der Waals surface area contributed by atoms with Gasteiger partial charge in [-0.1, -0.05) is 152 Å². The molecule has 0 aliphatic carbocycles. The quantitative estimate of drug-likeness (QED) is 0.0492. The summed E-state index contributed by atoms with van der Waals surface area (Å²) in [6, 6.07) is 64.9. The van der Waals surface area contributed by atoms with E-state index in [1.54, 1.807) is 42.5 Å². The Morgan fingerprint density at radius 1 is 0.262 bits per heavy atom. The first kappa shape index (κ1) is 43.5. The van der Waals surface area contributed by atoms with E-state index in [1.807, 2.05) is 164 Å². The Kier molecular flexibility index (Phi) is 14.9. The summed E-state index contributed by atoms with van der Waals surface area (Å²) in [5, 5.41) is 0. The zero-order valence-corrected chi connectivity index (χ0v) is 35.8. The van der Waals surface area contributed by atoms with Gasteiger partial charge < -0.3 is 28.4 Å². The Morgan fingerprint density at radius 3 is 0.815 bits per heavy atom. The van der Waals surface area contributed by atoms with Crippen molar-refractivity contribution in [3.8, 4) is 34.5 Å². The fourth-order valence-electron chi connectivity index (χ4n) is 6.93. The normalized spacial score (nSPS) is 10.7. The lowest BCUT2D eigenvalue weighted by Crippen LogP contribution is -2.09. The van der Waals surface area contributed by atoms with Crippen molar-refractivity contribution in [3.63, 3.8) is 0 Å². The number of Topliss-reactive ketones (excluding diaryl/α,β-unsaturated/α-hetero) is 2. The molecule has 8 aromatic carbocycles. The molecule has 0 fully saturated rings. The molecule has 0 unspecified atom stereocenters. The van der Waals surface area contributed by atoms with Crippen LogP contribution in [0.1, 0.15) is 60.5 Å². The monoisotopic (exact) mass is 860 g/mol. The predicted octanol–water partition coefficient (Wildman–Crippen LogP) is 12.6. The summed E-state index contributed by atoms with van der Waals surface area (Å²) in [7, 11) is 0. The van der Waals surface area contributed by atoms with E-state index in [-0.39, 0.29) is 36.8 Å². The Morgan fingerprint density at radius 2 is 0.508 bits per heavy atom. The van der Waals surface area contributed by atoms with Crippen LogP contribution in [-0.2, 0) is 39.6 Å². The largest absolute Gasteiger partial charge is 0.489 e. The predicted molar refractivity (Wildman–Crippen MR) is 251 cm³/mol. The van der Waals surface area contributed by atoms with E-state index in [1.165, 1.54) is 0 Å². The summed E-state index contributed by atoms with van der Waals surface area (Å²) in [5.74, 6) is 2.59. The van der Waals surface area contributed by atoms with E-state index >= 15 is 0 Å². The summed E-state index contributed by atoms with van der Waals surface area (Å²) in [6.45, 7) is 1.73. The average Bonchev–Trinajstić information content (AvgIpc) is 3.36. The summed E-state index contributed by atoms with van der Waals surface area (Å²) in [5.41, 5.74) is 6.43. The van der Waals surface area contributed by atoms with Gasteiger partial charge in [-0.25, -0.2) is 0 Å². The van der Waals surface area contributed by atoms with Crippen LogP contribution >= 0.6 is 0 Å². The zero-order chi connectivity index (χ0) is 44.5. The number of carbonyl (C=O) groups excluding carboxylic acids is 2. The summed E-state index contributed by atoms with van der Waals surface area (Å²) < 4.78 is 37.8. The van der Waals surface area contributed by atoms with Crippen LogP contribution in [0.25, 0.3) is 0 Å². The summed E-state index contributed by atoms with van der Waals surface area (Å²) in [4.78, 5) is 27.0. The van der Waals surface area contributed by atoms with Crippen molar-refractivity contribution in [2.75, 3.05) is 0 Å². The van der Waals surface area contributed by atoms with E-state index in [0.29, 0.717) is 66.5 Å². The Labute approximate surface area is 379 Å². The van der Waals surface area contributed by atoms with E-state index in [0.717, 1.165) is 33.4 Å². The molecule has 0 spiro atoms. The first-order valence-electron chi connectivity index (χ1n) is 21.4. The van der Waals surface area contributed by atoms with Crippen molar-refractivity contribution in [1.82, 2.24) is 0 Å². The van der Waals surface area contributed by atoms with Gasteiger partial charge in [0, 0.05) is 29.3 Å². The highest BCUT2D eigenvalue weighted by atomic mass is 16.5. The molecule has 0 radical (unpaired) electrons. The second-order valence-electron chi connectivity index (χ2n) is 15.4. The van der Waals surface area contributed by atoms with Gasteiger partial charge in [0.1, 0.15) is 74.1 Å². The van der Waals surface area contributed by atoms with Crippen molar-refractivity contribution in [3.05, 3.63) is 251 Å². The maximum atomic E-state index is 13.8. The molecular formula is C57H48O8. The van der Waals surface area contributed by atoms with Gasteiger partial charge in [-0.15, -0.1) is 0 Å². The summed E-state index contributed by atoms with van der Waals surface area (Å²) >= 11 is 0. The van der Waals surface area contributed by atoms with Crippen LogP contribution in [0, 0.1) is 0 Å². The maximum Gasteiger partial charge on any atom is 0.170 e. The fourth-order valence-corrected chi connectivity index (χ4v) is 6.93. The van der Waals surface area contributed by atoms with Gasteiger partial charge >= 0.3 is 0 Å². The van der Waals surface area contributed by atoms with Crippen molar-refractivity contribution in [2.24, 2.45) is 0 Å². The van der Waals surface area contributed by atoms with Crippen LogP contribution in [0.15, 0.2) is 206 Å². The van der Waals surface area contributed by atoms with Crippen LogP contribution in [0.5, 0.6) is 34.5 Å². The van der Waals surface area contributed by atoms with Crippen LogP contribution in [0.3, 0.4) is 0 Å². The van der Waals surface area contributed by atoms with Crippen LogP contribution in [0.2, 0.25) is 0 Å². The molecule has 0 heterocycles. The molecule has 0 aromatic heterocycles. The lowest BCUT2D eigenvalue weighted by atomic mass is 10.0. The Balaban J connectivity index is 1.04. The third kappa shape index (κ3) is 13.4. The van der Waals surface area contributed by atoms with Gasteiger partial charge in [-0.05, 0) is 69.8 Å². The number of hydrogen-bond donors (Lipinski definition) is 0. The third-order valence-electron chi connectivity index (χ3n) is 10.3. The molecule has 0 saturated carbocycles. The molecule has 0 atom stereocenters. The maximum absolute atomic E-state index is 13.8. The third-order valence-corrected chi connectivity index (χ3v) is 10.3. The topological polar surface area (TPSA) is 89.5 Å². The Bertz CT molecular complexity index is 2480. The standard InChI is InChI=1S/C57H48O8/c58-56(48-24-14-5-15-25-48)35-57(59)49-30-54(64-40-46-26-50(60-36-42-16-6-1-7-17-42)32-51(27-46)61-37-43-18-8-2-9-19-43)34-55(31-49)65-41-47-28-52(62-38-44-20-10-3-11-21-44)33-53(29-47)63-39-45-22-12-4-13-23-45/h1-34H,35-41H2. The minimum Gasteiger partial charge on any atom is -0.489 e. The summed E-state index contributed by atoms with van der Waals surface area (Å²) in [6.07, 6.45) is -0.321. The van der Waals surface area contributed by atoms with Crippen LogP contribution in [0.4, 0.5) is 0 Å². The highest BCUT2D eigenvalue weighted by molar-refractivity contribution is 6.13. The van der Waals surface area contributed by atoms with E-state index in [9.17, 15) is 9.59 Å². The van der Waals surface area contributed by atoms with Crippen molar-refractivity contribution < 1.29 is 38.0 Å². The zero-order valence-electron chi connectivity index (χ0n) is 35.8. The number of ether oxygens (including phenoxy) is 6. The molecule has 8 rings (SSSR count). The molecule has 0 N–H and O–H groups in total. The number of ketones is 2. The lowest BCUT2D eigenvalue weighted by Gasteiger charge is -2.16. The van der Waals surface area contributed by atoms with Gasteiger partial charge in [0.05, 0.1) is 6.42 Å². The molecule has 8 heteroatoms. The second kappa shape index (κ2) is 22.3. The molecule has 8 nitrogen and oxygen atoms in total. The Hall–Kier alpha value is -8.10. The lowest BCUT2D eigenvalue weighted by molar-refractivity contribution is 0.0893. The van der Waals surface area contributed by atoms with Crippen LogP contribution < -0.4 is 28.4 Å². The smallest absolute Gasteiger partial charge is 0.170 e. The molecular weight excluding hydrogens is 813 g/mol. The second-order valence-corrected chi connectivity index (χ2v) is 15.4. The molecule has 0 aliphatic heterocycles. The van der Waals surface area contributed by atoms with Crippen LogP contribution in [-0.4, -0.2) is 11.6 Å². The molecule has 0 aliphatic rings. The molecule has 0 bridgehead atoms. The van der Waals surface area contributed by atoms with E-state index in [2.05, 4.69) is 0 Å². The fraction of sp³-hybridized carbons (Fsp3) is 0.123. The van der Waals surface area contributed by atoms with Gasteiger partial charge in [0.15, 0.2) is 11.6 Å². The number of hydrogen-bond acceptors (Lipinski definition) is 8. The van der Waals surface area contributed by atoms with Crippen molar-refractivity contribution in [1.29, 1.82) is 0 Å². The molecule has 0 amide bonds. The number of rotatable bonds is 22.